The molecule has 0 amide bonds. The topological polar surface area (TPSA) is 25.2 Å². The number of rotatable bonds is 7. The molecule has 17 heavy (non-hydrogen) atoms. The normalized spacial score (nSPS) is 16.8. The largest absolute Gasteiger partial charge is 0.464 e. The summed E-state index contributed by atoms with van der Waals surface area (Å²) in [5.41, 5.74) is 0. The Morgan fingerprint density at radius 1 is 1.29 bits per heavy atom. The van der Waals surface area contributed by atoms with Crippen LogP contribution in [-0.2, 0) is 12.3 Å². The molecule has 0 saturated heterocycles. The monoisotopic (exact) mass is 253 g/mol. The second-order valence-corrected chi connectivity index (χ2v) is 6.05. The van der Waals surface area contributed by atoms with Crippen molar-refractivity contribution in [2.45, 2.75) is 56.6 Å². The molecule has 1 saturated carbocycles. The number of thioether (sulfide) groups is 1. The van der Waals surface area contributed by atoms with Crippen LogP contribution >= 0.6 is 11.8 Å². The van der Waals surface area contributed by atoms with Crippen molar-refractivity contribution in [2.75, 3.05) is 6.54 Å². The SMILES string of the molecule is CCCNCc1ccc(CSC2CCCC2)o1. The summed E-state index contributed by atoms with van der Waals surface area (Å²) in [5, 5.41) is 4.24. The molecule has 96 valence electrons. The lowest BCUT2D eigenvalue weighted by Gasteiger charge is -2.06. The Morgan fingerprint density at radius 2 is 2.06 bits per heavy atom. The fourth-order valence-corrected chi connectivity index (χ4v) is 3.46. The van der Waals surface area contributed by atoms with E-state index in [-0.39, 0.29) is 0 Å². The summed E-state index contributed by atoms with van der Waals surface area (Å²) < 4.78 is 5.81. The summed E-state index contributed by atoms with van der Waals surface area (Å²) in [7, 11) is 0. The average molecular weight is 253 g/mol. The fraction of sp³-hybridized carbons (Fsp3) is 0.714. The van der Waals surface area contributed by atoms with E-state index in [2.05, 4.69) is 36.1 Å². The molecule has 1 aromatic heterocycles. The molecule has 0 unspecified atom stereocenters. The van der Waals surface area contributed by atoms with Crippen LogP contribution in [0.5, 0.6) is 0 Å². The highest BCUT2D eigenvalue weighted by Crippen LogP contribution is 2.31. The van der Waals surface area contributed by atoms with Gasteiger partial charge in [0.25, 0.3) is 0 Å². The highest BCUT2D eigenvalue weighted by atomic mass is 32.2. The van der Waals surface area contributed by atoms with E-state index in [0.29, 0.717) is 0 Å². The van der Waals surface area contributed by atoms with Crippen LogP contribution < -0.4 is 5.32 Å². The molecule has 1 fully saturated rings. The van der Waals surface area contributed by atoms with Gasteiger partial charge in [0.15, 0.2) is 0 Å². The molecule has 2 nitrogen and oxygen atoms in total. The van der Waals surface area contributed by atoms with Crippen LogP contribution in [0.1, 0.15) is 50.5 Å². The van der Waals surface area contributed by atoms with Crippen LogP contribution in [0.2, 0.25) is 0 Å². The summed E-state index contributed by atoms with van der Waals surface area (Å²) in [6, 6.07) is 4.23. The minimum Gasteiger partial charge on any atom is -0.464 e. The molecule has 0 bridgehead atoms. The second kappa shape index (κ2) is 7.12. The Balaban J connectivity index is 1.69. The van der Waals surface area contributed by atoms with Crippen LogP contribution in [0, 0.1) is 0 Å². The fourth-order valence-electron chi connectivity index (χ4n) is 2.24. The van der Waals surface area contributed by atoms with Crippen LogP contribution in [-0.4, -0.2) is 11.8 Å². The van der Waals surface area contributed by atoms with Crippen molar-refractivity contribution in [3.05, 3.63) is 23.7 Å². The number of hydrogen-bond acceptors (Lipinski definition) is 3. The van der Waals surface area contributed by atoms with E-state index in [1.54, 1.807) is 0 Å². The highest BCUT2D eigenvalue weighted by molar-refractivity contribution is 7.99. The minimum atomic E-state index is 0.863. The van der Waals surface area contributed by atoms with Crippen molar-refractivity contribution in [2.24, 2.45) is 0 Å². The molecule has 0 aliphatic heterocycles. The van der Waals surface area contributed by atoms with Crippen molar-refractivity contribution in [1.29, 1.82) is 0 Å². The van der Waals surface area contributed by atoms with E-state index < -0.39 is 0 Å². The quantitative estimate of drug-likeness (QED) is 0.745. The average Bonchev–Trinajstić information content (AvgIpc) is 2.98. The van der Waals surface area contributed by atoms with Crippen LogP contribution in [0.25, 0.3) is 0 Å². The van der Waals surface area contributed by atoms with Gasteiger partial charge in [0.2, 0.25) is 0 Å². The molecule has 0 atom stereocenters. The van der Waals surface area contributed by atoms with Gasteiger partial charge in [-0.2, -0.15) is 11.8 Å². The lowest BCUT2D eigenvalue weighted by Crippen LogP contribution is -2.12. The summed E-state index contributed by atoms with van der Waals surface area (Å²) >= 11 is 2.06. The number of nitrogens with one attached hydrogen (secondary N) is 1. The Bertz CT molecular complexity index is 318. The third kappa shape index (κ3) is 4.40. The summed E-state index contributed by atoms with van der Waals surface area (Å²) in [6.45, 7) is 4.10. The van der Waals surface area contributed by atoms with E-state index in [0.717, 1.165) is 35.6 Å². The Labute approximate surface area is 109 Å². The Kier molecular flexibility index (Phi) is 5.46. The molecule has 0 aromatic carbocycles. The second-order valence-electron chi connectivity index (χ2n) is 4.76. The van der Waals surface area contributed by atoms with Gasteiger partial charge in [-0.1, -0.05) is 19.8 Å². The number of furan rings is 1. The van der Waals surface area contributed by atoms with Crippen LogP contribution in [0.15, 0.2) is 16.5 Å². The van der Waals surface area contributed by atoms with Gasteiger partial charge in [-0.25, -0.2) is 0 Å². The maximum absolute atomic E-state index is 5.81. The smallest absolute Gasteiger partial charge is 0.117 e. The standard InChI is InChI=1S/C14H23NOS/c1-2-9-15-10-12-7-8-13(16-12)11-17-14-5-3-4-6-14/h7-8,14-15H,2-6,9-11H2,1H3. The lowest BCUT2D eigenvalue weighted by atomic mass is 10.4. The zero-order valence-electron chi connectivity index (χ0n) is 10.7. The predicted molar refractivity (Wildman–Crippen MR) is 74.3 cm³/mol. The molecule has 0 radical (unpaired) electrons. The Morgan fingerprint density at radius 3 is 2.82 bits per heavy atom. The molecule has 1 N–H and O–H groups in total. The molecule has 2 rings (SSSR count). The highest BCUT2D eigenvalue weighted by Gasteiger charge is 2.15. The van der Waals surface area contributed by atoms with E-state index in [9.17, 15) is 0 Å². The van der Waals surface area contributed by atoms with Gasteiger partial charge in [0.1, 0.15) is 11.5 Å². The third-order valence-electron chi connectivity index (χ3n) is 3.21. The molecule has 3 heteroatoms. The first-order valence-corrected chi connectivity index (χ1v) is 7.83. The first kappa shape index (κ1) is 13.0. The lowest BCUT2D eigenvalue weighted by molar-refractivity contribution is 0.459. The predicted octanol–water partition coefficient (Wildman–Crippen LogP) is 3.96. The van der Waals surface area contributed by atoms with Gasteiger partial charge in [-0.05, 0) is 37.9 Å². The maximum Gasteiger partial charge on any atom is 0.117 e. The van der Waals surface area contributed by atoms with Gasteiger partial charge < -0.3 is 9.73 Å². The zero-order chi connectivity index (χ0) is 11.9. The maximum atomic E-state index is 5.81. The van der Waals surface area contributed by atoms with Crippen molar-refractivity contribution in [3.8, 4) is 0 Å². The molecule has 1 heterocycles. The van der Waals surface area contributed by atoms with Crippen molar-refractivity contribution >= 4 is 11.8 Å². The van der Waals surface area contributed by atoms with E-state index in [4.69, 9.17) is 4.42 Å². The van der Waals surface area contributed by atoms with E-state index in [1.165, 1.54) is 32.1 Å². The van der Waals surface area contributed by atoms with Gasteiger partial charge in [-0.15, -0.1) is 0 Å². The first-order chi connectivity index (χ1) is 8.38. The molecule has 1 aromatic rings. The summed E-state index contributed by atoms with van der Waals surface area (Å²) in [4.78, 5) is 0. The third-order valence-corrected chi connectivity index (χ3v) is 4.60. The molecule has 0 spiro atoms. The van der Waals surface area contributed by atoms with E-state index >= 15 is 0 Å². The zero-order valence-corrected chi connectivity index (χ0v) is 11.5. The van der Waals surface area contributed by atoms with Crippen molar-refractivity contribution in [1.82, 2.24) is 5.32 Å². The molecule has 1 aliphatic carbocycles. The van der Waals surface area contributed by atoms with Gasteiger partial charge in [-0.3, -0.25) is 0 Å². The summed E-state index contributed by atoms with van der Waals surface area (Å²) in [5.74, 6) is 3.24. The van der Waals surface area contributed by atoms with Crippen LogP contribution in [0.3, 0.4) is 0 Å². The van der Waals surface area contributed by atoms with Gasteiger partial charge in [0.05, 0.1) is 12.3 Å². The van der Waals surface area contributed by atoms with Crippen molar-refractivity contribution in [3.63, 3.8) is 0 Å². The van der Waals surface area contributed by atoms with E-state index in [1.807, 2.05) is 0 Å². The minimum absolute atomic E-state index is 0.863. The molecule has 1 aliphatic rings. The molecular weight excluding hydrogens is 230 g/mol. The number of hydrogen-bond donors (Lipinski definition) is 1. The molecular formula is C14H23NOS. The van der Waals surface area contributed by atoms with Crippen molar-refractivity contribution < 1.29 is 4.42 Å². The van der Waals surface area contributed by atoms with Crippen LogP contribution in [0.4, 0.5) is 0 Å². The Hall–Kier alpha value is -0.410. The summed E-state index contributed by atoms with van der Waals surface area (Å²) in [6.07, 6.45) is 6.81. The van der Waals surface area contributed by atoms with Gasteiger partial charge >= 0.3 is 0 Å². The van der Waals surface area contributed by atoms with Gasteiger partial charge in [0, 0.05) is 5.25 Å². The first-order valence-electron chi connectivity index (χ1n) is 6.78.